The molecule has 0 aromatic heterocycles. The van der Waals surface area contributed by atoms with Crippen molar-refractivity contribution in [1.29, 1.82) is 0 Å². The summed E-state index contributed by atoms with van der Waals surface area (Å²) in [5.41, 5.74) is 1.18. The molecule has 1 aliphatic rings. The lowest BCUT2D eigenvalue weighted by Gasteiger charge is -2.07. The second kappa shape index (κ2) is 6.80. The molecule has 0 atom stereocenters. The number of carbonyl (C=O) groups excluding carboxylic acids is 1. The number of hydrogen-bond acceptors (Lipinski definition) is 2. The van der Waals surface area contributed by atoms with Gasteiger partial charge in [0.2, 0.25) is 5.91 Å². The molecule has 0 heterocycles. The number of methoxy groups -OCH3 is 1. The lowest BCUT2D eigenvalue weighted by Crippen LogP contribution is -2.24. The van der Waals surface area contributed by atoms with Gasteiger partial charge < -0.3 is 10.1 Å². The van der Waals surface area contributed by atoms with Crippen LogP contribution in [0.1, 0.15) is 31.2 Å². The number of ether oxygens (including phenoxy) is 1. The third kappa shape index (κ3) is 4.75. The summed E-state index contributed by atoms with van der Waals surface area (Å²) in [6, 6.07) is 5.80. The van der Waals surface area contributed by atoms with Crippen molar-refractivity contribution in [1.82, 2.24) is 5.32 Å². The summed E-state index contributed by atoms with van der Waals surface area (Å²) in [6.07, 6.45) is 4.99. The number of nitrogens with one attached hydrogen (secondary N) is 1. The van der Waals surface area contributed by atoms with E-state index in [0.29, 0.717) is 23.1 Å². The van der Waals surface area contributed by atoms with Crippen molar-refractivity contribution in [2.75, 3.05) is 13.7 Å². The van der Waals surface area contributed by atoms with E-state index in [-0.39, 0.29) is 5.91 Å². The Morgan fingerprint density at radius 2 is 2.26 bits per heavy atom. The van der Waals surface area contributed by atoms with E-state index in [9.17, 15) is 4.79 Å². The molecule has 1 aromatic rings. The number of hydrogen-bond donors (Lipinski definition) is 1. The van der Waals surface area contributed by atoms with E-state index in [4.69, 9.17) is 16.3 Å². The molecule has 0 spiro atoms. The summed E-state index contributed by atoms with van der Waals surface area (Å²) in [4.78, 5) is 11.5. The highest BCUT2D eigenvalue weighted by Gasteiger charge is 2.23. The molecule has 1 aromatic carbocycles. The Morgan fingerprint density at radius 1 is 1.47 bits per heavy atom. The molecule has 1 N–H and O–H groups in total. The van der Waals surface area contributed by atoms with Crippen LogP contribution < -0.4 is 10.1 Å². The number of aryl methyl sites for hydroxylation is 1. The molecule has 0 bridgehead atoms. The quantitative estimate of drug-likeness (QED) is 0.780. The van der Waals surface area contributed by atoms with Gasteiger partial charge in [0.15, 0.2) is 0 Å². The predicted octanol–water partition coefficient (Wildman–Crippen LogP) is 3.20. The molecule has 104 valence electrons. The van der Waals surface area contributed by atoms with Crippen molar-refractivity contribution in [3.05, 3.63) is 28.8 Å². The minimum atomic E-state index is 0.191. The third-order valence-electron chi connectivity index (χ3n) is 3.35. The summed E-state index contributed by atoms with van der Waals surface area (Å²) < 4.78 is 5.18. The van der Waals surface area contributed by atoms with Gasteiger partial charge in [-0.25, -0.2) is 0 Å². The average Bonchev–Trinajstić information content (AvgIpc) is 3.20. The highest BCUT2D eigenvalue weighted by Crippen LogP contribution is 2.32. The van der Waals surface area contributed by atoms with Crippen LogP contribution in [0.2, 0.25) is 5.02 Å². The molecule has 3 nitrogen and oxygen atoms in total. The maximum absolute atomic E-state index is 11.5. The largest absolute Gasteiger partial charge is 0.495 e. The number of amides is 1. The van der Waals surface area contributed by atoms with Crippen molar-refractivity contribution in [3.63, 3.8) is 0 Å². The van der Waals surface area contributed by atoms with Gasteiger partial charge in [-0.1, -0.05) is 17.7 Å². The van der Waals surface area contributed by atoms with Crippen LogP contribution in [-0.4, -0.2) is 19.6 Å². The molecule has 1 fully saturated rings. The smallest absolute Gasteiger partial charge is 0.220 e. The molecular formula is C15H20ClNO2. The van der Waals surface area contributed by atoms with E-state index in [1.807, 2.05) is 18.2 Å². The van der Waals surface area contributed by atoms with E-state index in [1.54, 1.807) is 7.11 Å². The molecule has 1 aliphatic carbocycles. The molecule has 0 radical (unpaired) electrons. The predicted molar refractivity (Wildman–Crippen MR) is 76.7 cm³/mol. The number of benzene rings is 1. The Morgan fingerprint density at radius 3 is 2.95 bits per heavy atom. The van der Waals surface area contributed by atoms with E-state index >= 15 is 0 Å². The summed E-state index contributed by atoms with van der Waals surface area (Å²) in [5, 5.41) is 3.60. The SMILES string of the molecule is COc1cc(CCCNC(=O)CC2CC2)ccc1Cl. The molecule has 19 heavy (non-hydrogen) atoms. The van der Waals surface area contributed by atoms with E-state index in [2.05, 4.69) is 5.32 Å². The van der Waals surface area contributed by atoms with Gasteiger partial charge in [0.25, 0.3) is 0 Å². The molecule has 0 aliphatic heterocycles. The molecular weight excluding hydrogens is 262 g/mol. The van der Waals surface area contributed by atoms with Crippen LogP contribution >= 0.6 is 11.6 Å². The second-order valence-corrected chi connectivity index (χ2v) is 5.48. The zero-order valence-corrected chi connectivity index (χ0v) is 12.0. The summed E-state index contributed by atoms with van der Waals surface area (Å²) in [6.45, 7) is 0.733. The van der Waals surface area contributed by atoms with E-state index < -0.39 is 0 Å². The molecule has 4 heteroatoms. The van der Waals surface area contributed by atoms with Crippen molar-refractivity contribution in [2.45, 2.75) is 32.1 Å². The molecule has 0 unspecified atom stereocenters. The maximum Gasteiger partial charge on any atom is 0.220 e. The van der Waals surface area contributed by atoms with Crippen LogP contribution in [0, 0.1) is 5.92 Å². The first-order valence-electron chi connectivity index (χ1n) is 6.78. The van der Waals surface area contributed by atoms with Crippen LogP contribution in [0.4, 0.5) is 0 Å². The number of halogens is 1. The molecule has 0 saturated heterocycles. The monoisotopic (exact) mass is 281 g/mol. The highest BCUT2D eigenvalue weighted by molar-refractivity contribution is 6.32. The molecule has 1 amide bonds. The van der Waals surface area contributed by atoms with Gasteiger partial charge in [-0.05, 0) is 49.3 Å². The maximum atomic E-state index is 11.5. The van der Waals surface area contributed by atoms with Crippen molar-refractivity contribution in [3.8, 4) is 5.75 Å². The van der Waals surface area contributed by atoms with Gasteiger partial charge in [0.05, 0.1) is 12.1 Å². The molecule has 1 saturated carbocycles. The minimum absolute atomic E-state index is 0.191. The van der Waals surface area contributed by atoms with Crippen molar-refractivity contribution >= 4 is 17.5 Å². The Kier molecular flexibility index (Phi) is 5.08. The van der Waals surface area contributed by atoms with Gasteiger partial charge in [-0.2, -0.15) is 0 Å². The fraction of sp³-hybridized carbons (Fsp3) is 0.533. The standard InChI is InChI=1S/C15H20ClNO2/c1-19-14-9-11(6-7-13(14)16)3-2-8-17-15(18)10-12-4-5-12/h6-7,9,12H,2-5,8,10H2,1H3,(H,17,18). The fourth-order valence-electron chi connectivity index (χ4n) is 2.04. The highest BCUT2D eigenvalue weighted by atomic mass is 35.5. The Bertz CT molecular complexity index is 444. The summed E-state index contributed by atoms with van der Waals surface area (Å²) in [5.74, 6) is 1.55. The number of carbonyl (C=O) groups is 1. The first-order chi connectivity index (χ1) is 9.19. The topological polar surface area (TPSA) is 38.3 Å². The van der Waals surface area contributed by atoms with Crippen molar-refractivity contribution in [2.24, 2.45) is 5.92 Å². The van der Waals surface area contributed by atoms with Crippen LogP contribution in [0.15, 0.2) is 18.2 Å². The Labute approximate surface area is 119 Å². The fourth-order valence-corrected chi connectivity index (χ4v) is 2.23. The van der Waals surface area contributed by atoms with Crippen LogP contribution in [0.3, 0.4) is 0 Å². The summed E-state index contributed by atoms with van der Waals surface area (Å²) in [7, 11) is 1.61. The Hall–Kier alpha value is -1.22. The van der Waals surface area contributed by atoms with E-state index in [1.165, 1.54) is 18.4 Å². The zero-order chi connectivity index (χ0) is 13.7. The normalized spacial score (nSPS) is 14.2. The van der Waals surface area contributed by atoms with Gasteiger partial charge in [0.1, 0.15) is 5.75 Å². The Balaban J connectivity index is 1.68. The van der Waals surface area contributed by atoms with E-state index in [0.717, 1.165) is 19.4 Å². The molecule has 2 rings (SSSR count). The van der Waals surface area contributed by atoms with Crippen molar-refractivity contribution < 1.29 is 9.53 Å². The lowest BCUT2D eigenvalue weighted by molar-refractivity contribution is -0.121. The number of rotatable bonds is 7. The first kappa shape index (κ1) is 14.2. The third-order valence-corrected chi connectivity index (χ3v) is 3.66. The first-order valence-corrected chi connectivity index (χ1v) is 7.16. The van der Waals surface area contributed by atoms with Gasteiger partial charge in [-0.3, -0.25) is 4.79 Å². The van der Waals surface area contributed by atoms with Crippen LogP contribution in [0.25, 0.3) is 0 Å². The average molecular weight is 282 g/mol. The minimum Gasteiger partial charge on any atom is -0.495 e. The van der Waals surface area contributed by atoms with Crippen LogP contribution in [0.5, 0.6) is 5.75 Å². The van der Waals surface area contributed by atoms with Crippen LogP contribution in [-0.2, 0) is 11.2 Å². The van der Waals surface area contributed by atoms with Gasteiger partial charge in [0, 0.05) is 13.0 Å². The van der Waals surface area contributed by atoms with Gasteiger partial charge in [-0.15, -0.1) is 0 Å². The lowest BCUT2D eigenvalue weighted by atomic mass is 10.1. The second-order valence-electron chi connectivity index (χ2n) is 5.07. The summed E-state index contributed by atoms with van der Waals surface area (Å²) >= 11 is 5.97. The van der Waals surface area contributed by atoms with Gasteiger partial charge >= 0.3 is 0 Å². The zero-order valence-electron chi connectivity index (χ0n) is 11.2.